The van der Waals surface area contributed by atoms with Crippen molar-refractivity contribution in [3.63, 3.8) is 0 Å². The maximum absolute atomic E-state index is 13.8. The lowest BCUT2D eigenvalue weighted by Crippen LogP contribution is -2.54. The van der Waals surface area contributed by atoms with E-state index in [9.17, 15) is 23.2 Å². The molecule has 3 amide bonds. The second-order valence-corrected chi connectivity index (χ2v) is 7.07. The molecule has 2 aromatic rings. The predicted molar refractivity (Wildman–Crippen MR) is 104 cm³/mol. The van der Waals surface area contributed by atoms with Crippen molar-refractivity contribution in [1.29, 1.82) is 0 Å². The first-order valence-corrected chi connectivity index (χ1v) is 9.15. The number of hydrogen-bond donors (Lipinski definition) is 3. The Morgan fingerprint density at radius 2 is 1.55 bits per heavy atom. The molecule has 0 aliphatic heterocycles. The molecule has 1 atom stereocenters. The second-order valence-electron chi connectivity index (χ2n) is 6.63. The molecule has 0 aliphatic rings. The largest absolute Gasteiger partial charge is 0.340 e. The molecule has 3 N–H and O–H groups in total. The van der Waals surface area contributed by atoms with Crippen LogP contribution in [0.5, 0.6) is 0 Å². The summed E-state index contributed by atoms with van der Waals surface area (Å²) in [6.45, 7) is 3.27. The van der Waals surface area contributed by atoms with Crippen LogP contribution in [0, 0.1) is 17.6 Å². The van der Waals surface area contributed by atoms with Gasteiger partial charge in [-0.15, -0.1) is 0 Å². The molecule has 0 saturated carbocycles. The monoisotopic (exact) mass is 423 g/mol. The van der Waals surface area contributed by atoms with Crippen LogP contribution >= 0.6 is 11.6 Å². The number of carbonyl (C=O) groups excluding carboxylic acids is 3. The lowest BCUT2D eigenvalue weighted by Gasteiger charge is -2.22. The molecule has 2 rings (SSSR count). The Morgan fingerprint density at radius 3 is 2.10 bits per heavy atom. The smallest absolute Gasteiger partial charge is 0.261 e. The third-order valence-electron chi connectivity index (χ3n) is 4.03. The van der Waals surface area contributed by atoms with Gasteiger partial charge in [0.05, 0.1) is 6.42 Å². The van der Waals surface area contributed by atoms with Crippen LogP contribution in [-0.2, 0) is 16.0 Å². The van der Waals surface area contributed by atoms with Crippen molar-refractivity contribution >= 4 is 29.3 Å². The first-order chi connectivity index (χ1) is 13.7. The van der Waals surface area contributed by atoms with E-state index in [1.807, 2.05) is 0 Å². The zero-order chi connectivity index (χ0) is 21.6. The third-order valence-corrected chi connectivity index (χ3v) is 4.28. The normalized spacial score (nSPS) is 11.7. The Morgan fingerprint density at radius 1 is 0.966 bits per heavy atom. The summed E-state index contributed by atoms with van der Waals surface area (Å²) in [7, 11) is 0. The van der Waals surface area contributed by atoms with Crippen LogP contribution in [0.15, 0.2) is 42.5 Å². The Hall–Kier alpha value is -3.00. The van der Waals surface area contributed by atoms with Crippen molar-refractivity contribution in [2.75, 3.05) is 0 Å². The minimum absolute atomic E-state index is 0.00338. The van der Waals surface area contributed by atoms with Crippen LogP contribution in [-0.4, -0.2) is 23.8 Å². The van der Waals surface area contributed by atoms with Gasteiger partial charge in [0.15, 0.2) is 0 Å². The zero-order valence-electron chi connectivity index (χ0n) is 15.8. The van der Waals surface area contributed by atoms with Gasteiger partial charge >= 0.3 is 0 Å². The van der Waals surface area contributed by atoms with Crippen molar-refractivity contribution < 1.29 is 23.2 Å². The Labute approximate surface area is 171 Å². The number of halogens is 3. The summed E-state index contributed by atoms with van der Waals surface area (Å²) in [5.41, 5.74) is 4.37. The zero-order valence-corrected chi connectivity index (χ0v) is 16.5. The molecule has 0 spiro atoms. The number of rotatable bonds is 6. The first-order valence-electron chi connectivity index (χ1n) is 8.77. The van der Waals surface area contributed by atoms with E-state index in [0.717, 1.165) is 18.2 Å². The number of amides is 3. The number of benzene rings is 2. The van der Waals surface area contributed by atoms with E-state index in [-0.39, 0.29) is 6.42 Å². The highest BCUT2D eigenvalue weighted by molar-refractivity contribution is 6.30. The lowest BCUT2D eigenvalue weighted by molar-refractivity contribution is -0.130. The molecule has 0 radical (unpaired) electrons. The molecule has 0 heterocycles. The van der Waals surface area contributed by atoms with Gasteiger partial charge in [0.1, 0.15) is 23.2 Å². The third kappa shape index (κ3) is 6.25. The molecule has 0 saturated heterocycles. The van der Waals surface area contributed by atoms with Crippen LogP contribution < -0.4 is 16.2 Å². The van der Waals surface area contributed by atoms with E-state index in [0.29, 0.717) is 10.6 Å². The minimum Gasteiger partial charge on any atom is -0.340 e. The molecule has 0 fully saturated rings. The van der Waals surface area contributed by atoms with Crippen molar-refractivity contribution in [1.82, 2.24) is 16.2 Å². The van der Waals surface area contributed by atoms with Gasteiger partial charge in [0.2, 0.25) is 5.91 Å². The fraction of sp³-hybridized carbons (Fsp3) is 0.250. The lowest BCUT2D eigenvalue weighted by atomic mass is 10.0. The summed E-state index contributed by atoms with van der Waals surface area (Å²) in [5.74, 6) is -4.78. The maximum atomic E-state index is 13.8. The number of hydrogen-bond acceptors (Lipinski definition) is 3. The van der Waals surface area contributed by atoms with Gasteiger partial charge in [0, 0.05) is 5.02 Å². The summed E-state index contributed by atoms with van der Waals surface area (Å²) >= 11 is 5.78. The molecule has 154 valence electrons. The van der Waals surface area contributed by atoms with Crippen molar-refractivity contribution in [2.45, 2.75) is 26.3 Å². The summed E-state index contributed by atoms with van der Waals surface area (Å²) in [5, 5.41) is 2.83. The Balaban J connectivity index is 1.97. The van der Waals surface area contributed by atoms with Crippen LogP contribution in [0.25, 0.3) is 0 Å². The Kier molecular flexibility index (Phi) is 7.67. The predicted octanol–water partition coefficient (Wildman–Crippen LogP) is 2.76. The maximum Gasteiger partial charge on any atom is 0.261 e. The summed E-state index contributed by atoms with van der Waals surface area (Å²) in [6.07, 6.45) is -0.00338. The standard InChI is InChI=1S/C20H20ClF2N3O3/c1-11(2)18(24-19(28)17-14(22)4-3-5-15(17)23)20(29)26-25-16(27)10-12-6-8-13(21)9-7-12/h3-9,11,18H,10H2,1-2H3,(H,24,28)(H,25,27)(H,26,29)/t18-/m0/s1. The topological polar surface area (TPSA) is 87.3 Å². The molecule has 0 aliphatic carbocycles. The van der Waals surface area contributed by atoms with E-state index >= 15 is 0 Å². The van der Waals surface area contributed by atoms with Gasteiger partial charge in [-0.3, -0.25) is 25.2 Å². The van der Waals surface area contributed by atoms with Gasteiger partial charge in [0.25, 0.3) is 11.8 Å². The highest BCUT2D eigenvalue weighted by Gasteiger charge is 2.27. The second kappa shape index (κ2) is 9.97. The van der Waals surface area contributed by atoms with E-state index in [1.165, 1.54) is 0 Å². The van der Waals surface area contributed by atoms with Gasteiger partial charge in [-0.2, -0.15) is 0 Å². The van der Waals surface area contributed by atoms with E-state index in [2.05, 4.69) is 16.2 Å². The average Bonchev–Trinajstić information content (AvgIpc) is 2.65. The quantitative estimate of drug-likeness (QED) is 0.624. The van der Waals surface area contributed by atoms with E-state index in [4.69, 9.17) is 11.6 Å². The summed E-state index contributed by atoms with van der Waals surface area (Å²) < 4.78 is 27.5. The number of hydrazine groups is 1. The van der Waals surface area contributed by atoms with Gasteiger partial charge < -0.3 is 5.32 Å². The fourth-order valence-corrected chi connectivity index (χ4v) is 2.63. The molecule has 29 heavy (non-hydrogen) atoms. The van der Waals surface area contributed by atoms with Gasteiger partial charge in [-0.05, 0) is 35.7 Å². The fourth-order valence-electron chi connectivity index (χ4n) is 2.50. The minimum atomic E-state index is -1.13. The molecule has 2 aromatic carbocycles. The summed E-state index contributed by atoms with van der Waals surface area (Å²) in [6, 6.07) is 8.50. The number of carbonyl (C=O) groups is 3. The molecule has 0 aromatic heterocycles. The SMILES string of the molecule is CC(C)[C@H](NC(=O)c1c(F)cccc1F)C(=O)NNC(=O)Cc1ccc(Cl)cc1. The Bertz CT molecular complexity index is 884. The molecule has 6 nitrogen and oxygen atoms in total. The highest BCUT2D eigenvalue weighted by Crippen LogP contribution is 2.13. The van der Waals surface area contributed by atoms with Crippen LogP contribution in [0.3, 0.4) is 0 Å². The molecular formula is C20H20ClF2N3O3. The van der Waals surface area contributed by atoms with Crippen LogP contribution in [0.4, 0.5) is 8.78 Å². The molecule has 9 heteroatoms. The van der Waals surface area contributed by atoms with E-state index in [1.54, 1.807) is 38.1 Å². The van der Waals surface area contributed by atoms with Crippen molar-refractivity contribution in [3.8, 4) is 0 Å². The summed E-state index contributed by atoms with van der Waals surface area (Å²) in [4.78, 5) is 36.6. The average molecular weight is 424 g/mol. The molecule has 0 bridgehead atoms. The number of nitrogens with one attached hydrogen (secondary N) is 3. The van der Waals surface area contributed by atoms with Crippen LogP contribution in [0.2, 0.25) is 5.02 Å². The van der Waals surface area contributed by atoms with Crippen molar-refractivity contribution in [3.05, 3.63) is 70.2 Å². The van der Waals surface area contributed by atoms with E-state index < -0.39 is 46.9 Å². The highest BCUT2D eigenvalue weighted by atomic mass is 35.5. The van der Waals surface area contributed by atoms with Gasteiger partial charge in [-0.1, -0.05) is 43.6 Å². The molecular weight excluding hydrogens is 404 g/mol. The molecule has 0 unspecified atom stereocenters. The van der Waals surface area contributed by atoms with Crippen LogP contribution in [0.1, 0.15) is 29.8 Å². The van der Waals surface area contributed by atoms with Gasteiger partial charge in [-0.25, -0.2) is 8.78 Å². The first kappa shape index (κ1) is 22.3. The van der Waals surface area contributed by atoms with Crippen molar-refractivity contribution in [2.24, 2.45) is 5.92 Å².